The van der Waals surface area contributed by atoms with Crippen LogP contribution in [0.4, 0.5) is 10.5 Å². The third kappa shape index (κ3) is 4.70. The minimum Gasteiger partial charge on any atom is -0.466 e. The number of rotatable bonds is 5. The summed E-state index contributed by atoms with van der Waals surface area (Å²) in [7, 11) is 1.22. The van der Waals surface area contributed by atoms with Crippen LogP contribution in [-0.2, 0) is 19.6 Å². The van der Waals surface area contributed by atoms with E-state index in [0.29, 0.717) is 11.3 Å². The third-order valence-corrected chi connectivity index (χ3v) is 3.09. The van der Waals surface area contributed by atoms with Crippen molar-refractivity contribution in [3.05, 3.63) is 42.0 Å². The molecule has 0 aliphatic rings. The Morgan fingerprint density at radius 2 is 1.95 bits per heavy atom. The molecule has 0 aliphatic heterocycles. The molecule has 0 aliphatic carbocycles. The molecule has 1 N–H and O–H groups in total. The number of amides is 1. The smallest absolute Gasteiger partial charge is 0.412 e. The average Bonchev–Trinajstić information content (AvgIpc) is 2.44. The second-order valence-electron chi connectivity index (χ2n) is 4.11. The van der Waals surface area contributed by atoms with Crippen molar-refractivity contribution in [1.82, 2.24) is 0 Å². The van der Waals surface area contributed by atoms with Gasteiger partial charge < -0.3 is 9.47 Å². The Hall–Kier alpha value is -1.82. The first-order chi connectivity index (χ1) is 9.47. The highest BCUT2D eigenvalue weighted by atomic mass is 79.9. The van der Waals surface area contributed by atoms with Gasteiger partial charge in [-0.2, -0.15) is 0 Å². The molecule has 0 saturated carbocycles. The Morgan fingerprint density at radius 3 is 2.40 bits per heavy atom. The van der Waals surface area contributed by atoms with Gasteiger partial charge in [0.2, 0.25) is 6.10 Å². The normalized spacial score (nSPS) is 11.3. The largest absolute Gasteiger partial charge is 0.466 e. The van der Waals surface area contributed by atoms with Crippen molar-refractivity contribution in [2.75, 3.05) is 12.4 Å². The highest BCUT2D eigenvalue weighted by Crippen LogP contribution is 2.13. The number of benzene rings is 1. The minimum atomic E-state index is -1.11. The molecule has 1 atom stereocenters. The van der Waals surface area contributed by atoms with Gasteiger partial charge in [0.1, 0.15) is 0 Å². The molecule has 0 bridgehead atoms. The molecule has 1 rings (SSSR count). The molecular weight excluding hydrogens is 326 g/mol. The predicted molar refractivity (Wildman–Crippen MR) is 79.8 cm³/mol. The number of hydrogen-bond acceptors (Lipinski definition) is 4. The zero-order valence-corrected chi connectivity index (χ0v) is 12.9. The number of methoxy groups -OCH3 is 1. The van der Waals surface area contributed by atoms with E-state index in [9.17, 15) is 9.59 Å². The first-order valence-corrected chi connectivity index (χ1v) is 6.96. The Kier molecular flexibility index (Phi) is 6.24. The summed E-state index contributed by atoms with van der Waals surface area (Å²) in [4.78, 5) is 23.1. The molecule has 108 valence electrons. The summed E-state index contributed by atoms with van der Waals surface area (Å²) in [6.45, 7) is 5.18. The molecule has 1 unspecified atom stereocenters. The van der Waals surface area contributed by atoms with Crippen molar-refractivity contribution < 1.29 is 19.1 Å². The molecule has 6 heteroatoms. The van der Waals surface area contributed by atoms with Gasteiger partial charge in [0, 0.05) is 11.0 Å². The summed E-state index contributed by atoms with van der Waals surface area (Å²) in [5.41, 5.74) is 2.05. The topological polar surface area (TPSA) is 64.6 Å². The van der Waals surface area contributed by atoms with Gasteiger partial charge in [-0.3, -0.25) is 5.32 Å². The van der Waals surface area contributed by atoms with E-state index in [1.165, 1.54) is 7.11 Å². The van der Waals surface area contributed by atoms with Crippen LogP contribution in [0.2, 0.25) is 0 Å². The number of carbonyl (C=O) groups is 2. The molecule has 0 radical (unpaired) electrons. The van der Waals surface area contributed by atoms with Gasteiger partial charge in [0.05, 0.1) is 7.11 Å². The number of esters is 1. The van der Waals surface area contributed by atoms with E-state index < -0.39 is 18.2 Å². The average molecular weight is 342 g/mol. The molecular formula is C14H16BrNO4. The van der Waals surface area contributed by atoms with Crippen LogP contribution in [0.15, 0.2) is 36.4 Å². The lowest BCUT2D eigenvalue weighted by Gasteiger charge is -2.16. The maximum Gasteiger partial charge on any atom is 0.412 e. The molecule has 1 amide bonds. The van der Waals surface area contributed by atoms with Gasteiger partial charge in [-0.05, 0) is 30.2 Å². The summed E-state index contributed by atoms with van der Waals surface area (Å²) in [6, 6.07) is 7.21. The van der Waals surface area contributed by atoms with Crippen LogP contribution in [0.5, 0.6) is 0 Å². The fourth-order valence-electron chi connectivity index (χ4n) is 1.39. The van der Waals surface area contributed by atoms with Gasteiger partial charge >= 0.3 is 12.1 Å². The lowest BCUT2D eigenvalue weighted by Crippen LogP contribution is -2.31. The third-order valence-electron chi connectivity index (χ3n) is 2.44. The van der Waals surface area contributed by atoms with E-state index >= 15 is 0 Å². The van der Waals surface area contributed by atoms with Crippen molar-refractivity contribution in [1.29, 1.82) is 0 Å². The lowest BCUT2D eigenvalue weighted by molar-refractivity contribution is -0.148. The van der Waals surface area contributed by atoms with E-state index in [1.54, 1.807) is 19.1 Å². The fraction of sp³-hybridized carbons (Fsp3) is 0.286. The van der Waals surface area contributed by atoms with E-state index in [1.807, 2.05) is 12.1 Å². The Bertz CT molecular complexity index is 498. The van der Waals surface area contributed by atoms with Gasteiger partial charge in [-0.25, -0.2) is 9.59 Å². The standard InChI is InChI=1S/C14H16BrNO4/c1-9(2)12(13(17)19-3)20-14(18)16-11-6-4-10(8-15)5-7-11/h4-7,12H,1,8H2,2-3H3,(H,16,18). The van der Waals surface area contributed by atoms with Crippen LogP contribution in [-0.4, -0.2) is 25.3 Å². The molecule has 5 nitrogen and oxygen atoms in total. The second-order valence-corrected chi connectivity index (χ2v) is 4.67. The van der Waals surface area contributed by atoms with Crippen LogP contribution in [0, 0.1) is 0 Å². The van der Waals surface area contributed by atoms with E-state index in [2.05, 4.69) is 32.6 Å². The summed E-state index contributed by atoms with van der Waals surface area (Å²) in [5, 5.41) is 3.27. The molecule has 1 aromatic rings. The number of anilines is 1. The van der Waals surface area contributed by atoms with Gasteiger partial charge in [0.25, 0.3) is 0 Å². The van der Waals surface area contributed by atoms with Gasteiger partial charge in [-0.1, -0.05) is 34.6 Å². The van der Waals surface area contributed by atoms with Crippen molar-refractivity contribution in [3.8, 4) is 0 Å². The van der Waals surface area contributed by atoms with Crippen LogP contribution < -0.4 is 5.32 Å². The van der Waals surface area contributed by atoms with Crippen molar-refractivity contribution in [3.63, 3.8) is 0 Å². The van der Waals surface area contributed by atoms with E-state index in [-0.39, 0.29) is 0 Å². The van der Waals surface area contributed by atoms with Crippen molar-refractivity contribution in [2.24, 2.45) is 0 Å². The first-order valence-electron chi connectivity index (χ1n) is 5.83. The zero-order chi connectivity index (χ0) is 15.1. The molecule has 0 aromatic heterocycles. The monoisotopic (exact) mass is 341 g/mol. The minimum absolute atomic E-state index is 0.390. The van der Waals surface area contributed by atoms with Crippen LogP contribution in [0.25, 0.3) is 0 Å². The maximum atomic E-state index is 11.7. The van der Waals surface area contributed by atoms with E-state index in [4.69, 9.17) is 4.74 Å². The van der Waals surface area contributed by atoms with Crippen molar-refractivity contribution in [2.45, 2.75) is 18.4 Å². The van der Waals surface area contributed by atoms with Crippen LogP contribution in [0.1, 0.15) is 12.5 Å². The fourth-order valence-corrected chi connectivity index (χ4v) is 1.76. The Balaban J connectivity index is 2.65. The predicted octanol–water partition coefficient (Wildman–Crippen LogP) is 3.25. The molecule has 0 saturated heterocycles. The molecule has 20 heavy (non-hydrogen) atoms. The Labute approximate surface area is 126 Å². The van der Waals surface area contributed by atoms with Gasteiger partial charge in [-0.15, -0.1) is 0 Å². The van der Waals surface area contributed by atoms with Crippen LogP contribution in [0.3, 0.4) is 0 Å². The zero-order valence-electron chi connectivity index (χ0n) is 11.3. The number of nitrogens with one attached hydrogen (secondary N) is 1. The summed E-state index contributed by atoms with van der Waals surface area (Å²) < 4.78 is 9.54. The second kappa shape index (κ2) is 7.69. The number of alkyl halides is 1. The molecule has 1 aromatic carbocycles. The number of carbonyl (C=O) groups excluding carboxylic acids is 2. The lowest BCUT2D eigenvalue weighted by atomic mass is 10.2. The number of ether oxygens (including phenoxy) is 2. The van der Waals surface area contributed by atoms with Gasteiger partial charge in [0.15, 0.2) is 0 Å². The number of halogens is 1. The van der Waals surface area contributed by atoms with E-state index in [0.717, 1.165) is 10.9 Å². The molecule has 0 fully saturated rings. The highest BCUT2D eigenvalue weighted by Gasteiger charge is 2.24. The SMILES string of the molecule is C=C(C)C(OC(=O)Nc1ccc(CBr)cc1)C(=O)OC. The molecule has 0 spiro atoms. The van der Waals surface area contributed by atoms with Crippen molar-refractivity contribution >= 4 is 33.7 Å². The Morgan fingerprint density at radius 1 is 1.35 bits per heavy atom. The number of hydrogen-bond donors (Lipinski definition) is 1. The summed E-state index contributed by atoms with van der Waals surface area (Å²) >= 11 is 3.33. The van der Waals surface area contributed by atoms with Crippen LogP contribution >= 0.6 is 15.9 Å². The quantitative estimate of drug-likeness (QED) is 0.507. The molecule has 0 heterocycles. The highest BCUT2D eigenvalue weighted by molar-refractivity contribution is 9.08. The summed E-state index contributed by atoms with van der Waals surface area (Å²) in [6.07, 6.45) is -1.85. The maximum absolute atomic E-state index is 11.7. The first kappa shape index (κ1) is 16.2. The summed E-state index contributed by atoms with van der Waals surface area (Å²) in [5.74, 6) is -0.665.